The lowest BCUT2D eigenvalue weighted by Crippen LogP contribution is -2.31. The van der Waals surface area contributed by atoms with E-state index in [9.17, 15) is 19.5 Å². The molecular weight excluding hydrogens is 454 g/mol. The van der Waals surface area contributed by atoms with Crippen LogP contribution in [0.5, 0.6) is 5.75 Å². The van der Waals surface area contributed by atoms with Crippen molar-refractivity contribution in [3.8, 4) is 5.75 Å². The number of phenols is 1. The van der Waals surface area contributed by atoms with Gasteiger partial charge in [-0.05, 0) is 74.1 Å². The summed E-state index contributed by atoms with van der Waals surface area (Å²) in [5.74, 6) is -0.581. The third-order valence-electron chi connectivity index (χ3n) is 6.04. The zero-order valence-electron chi connectivity index (χ0n) is 20.9. The summed E-state index contributed by atoms with van der Waals surface area (Å²) in [4.78, 5) is 39.1. The number of rotatable bonds is 8. The van der Waals surface area contributed by atoms with E-state index in [1.54, 1.807) is 36.4 Å². The molecule has 4 rings (SSSR count). The van der Waals surface area contributed by atoms with Crippen LogP contribution in [0, 0.1) is 0 Å². The van der Waals surface area contributed by atoms with Gasteiger partial charge in [-0.15, -0.1) is 0 Å². The van der Waals surface area contributed by atoms with Gasteiger partial charge in [-0.25, -0.2) is 0 Å². The summed E-state index contributed by atoms with van der Waals surface area (Å²) in [5, 5.41) is 10.2. The van der Waals surface area contributed by atoms with Gasteiger partial charge in [0.15, 0.2) is 0 Å². The van der Waals surface area contributed by atoms with Crippen molar-refractivity contribution in [2.45, 2.75) is 52.1 Å². The van der Waals surface area contributed by atoms with Crippen LogP contribution in [0.3, 0.4) is 0 Å². The minimum absolute atomic E-state index is 0.226. The maximum atomic E-state index is 12.8. The Labute approximate surface area is 211 Å². The van der Waals surface area contributed by atoms with Crippen molar-refractivity contribution < 1.29 is 24.2 Å². The Kier molecular flexibility index (Phi) is 7.25. The summed E-state index contributed by atoms with van der Waals surface area (Å²) in [5.41, 5.74) is 4.04. The first-order valence-electron chi connectivity index (χ1n) is 12.2. The maximum Gasteiger partial charge on any atom is 0.306 e. The Morgan fingerprint density at radius 3 is 2.00 bits per heavy atom. The Balaban J connectivity index is 1.53. The zero-order chi connectivity index (χ0) is 25.9. The molecule has 6 heteroatoms. The Morgan fingerprint density at radius 2 is 1.39 bits per heavy atom. The van der Waals surface area contributed by atoms with Crippen molar-refractivity contribution in [3.63, 3.8) is 0 Å². The number of para-hydroxylation sites is 1. The molecule has 3 aromatic carbocycles. The van der Waals surface area contributed by atoms with E-state index in [2.05, 4.69) is 0 Å². The number of esters is 1. The largest absolute Gasteiger partial charge is 0.508 e. The van der Waals surface area contributed by atoms with Crippen molar-refractivity contribution in [1.29, 1.82) is 0 Å². The van der Waals surface area contributed by atoms with Crippen LogP contribution in [-0.4, -0.2) is 39.9 Å². The third kappa shape index (κ3) is 6.00. The van der Waals surface area contributed by atoms with Crippen molar-refractivity contribution >= 4 is 17.8 Å². The van der Waals surface area contributed by atoms with E-state index in [1.807, 2.05) is 51.1 Å². The molecule has 1 N–H and O–H groups in total. The average molecular weight is 486 g/mol. The molecular formula is C30H31NO5. The molecule has 186 valence electrons. The van der Waals surface area contributed by atoms with E-state index in [-0.39, 0.29) is 36.5 Å². The molecule has 0 fully saturated rings. The molecule has 0 radical (unpaired) electrons. The highest BCUT2D eigenvalue weighted by atomic mass is 16.6. The fourth-order valence-electron chi connectivity index (χ4n) is 4.43. The summed E-state index contributed by atoms with van der Waals surface area (Å²) in [6, 6.07) is 20.1. The van der Waals surface area contributed by atoms with E-state index in [1.165, 1.54) is 4.90 Å². The number of aryl methyl sites for hydroxylation is 1. The highest BCUT2D eigenvalue weighted by molar-refractivity contribution is 6.21. The fourth-order valence-corrected chi connectivity index (χ4v) is 4.43. The summed E-state index contributed by atoms with van der Waals surface area (Å²) in [6.07, 6.45) is 1.76. The first-order valence-corrected chi connectivity index (χ1v) is 12.2. The van der Waals surface area contributed by atoms with Crippen molar-refractivity contribution in [1.82, 2.24) is 4.90 Å². The van der Waals surface area contributed by atoms with Crippen LogP contribution in [0.25, 0.3) is 0 Å². The highest BCUT2D eigenvalue weighted by Crippen LogP contribution is 2.25. The molecule has 1 heterocycles. The lowest BCUT2D eigenvalue weighted by atomic mass is 9.96. The average Bonchev–Trinajstić information content (AvgIpc) is 3.06. The van der Waals surface area contributed by atoms with Gasteiger partial charge in [-0.3, -0.25) is 19.3 Å². The van der Waals surface area contributed by atoms with Crippen LogP contribution < -0.4 is 0 Å². The molecule has 6 nitrogen and oxygen atoms in total. The van der Waals surface area contributed by atoms with Gasteiger partial charge in [0.25, 0.3) is 11.8 Å². The molecule has 0 aliphatic carbocycles. The number of hydrogen-bond acceptors (Lipinski definition) is 5. The number of benzene rings is 3. The van der Waals surface area contributed by atoms with E-state index < -0.39 is 5.60 Å². The van der Waals surface area contributed by atoms with E-state index in [0.717, 1.165) is 22.3 Å². The number of aromatic hydroxyl groups is 1. The molecule has 2 amide bonds. The van der Waals surface area contributed by atoms with E-state index in [4.69, 9.17) is 4.74 Å². The Morgan fingerprint density at radius 1 is 0.833 bits per heavy atom. The molecule has 0 bridgehead atoms. The van der Waals surface area contributed by atoms with Crippen LogP contribution in [0.4, 0.5) is 0 Å². The number of amides is 2. The summed E-state index contributed by atoms with van der Waals surface area (Å²) in [7, 11) is 0. The molecule has 3 aromatic rings. The quantitative estimate of drug-likeness (QED) is 0.355. The number of ether oxygens (including phenoxy) is 1. The summed E-state index contributed by atoms with van der Waals surface area (Å²) < 4.78 is 5.45. The number of carbonyl (C=O) groups is 3. The predicted molar refractivity (Wildman–Crippen MR) is 137 cm³/mol. The van der Waals surface area contributed by atoms with E-state index >= 15 is 0 Å². The van der Waals surface area contributed by atoms with Gasteiger partial charge < -0.3 is 9.84 Å². The lowest BCUT2D eigenvalue weighted by molar-refractivity contribution is -0.154. The number of phenolic OH excluding ortho intramolecular Hbond substituents is 1. The zero-order valence-corrected chi connectivity index (χ0v) is 20.9. The first-order chi connectivity index (χ1) is 17.1. The SMILES string of the molecule is CC(C)(C)OC(=O)CCc1cc(CCN2C(=O)c3ccccc3C2=O)cc(Cc2ccccc2O)c1. The molecule has 36 heavy (non-hydrogen) atoms. The molecule has 0 spiro atoms. The van der Waals surface area contributed by atoms with Gasteiger partial charge in [0.05, 0.1) is 11.1 Å². The second kappa shape index (κ2) is 10.4. The third-order valence-corrected chi connectivity index (χ3v) is 6.04. The highest BCUT2D eigenvalue weighted by Gasteiger charge is 2.34. The van der Waals surface area contributed by atoms with Gasteiger partial charge in [0.2, 0.25) is 0 Å². The Hall–Kier alpha value is -3.93. The summed E-state index contributed by atoms with van der Waals surface area (Å²) in [6.45, 7) is 5.79. The van der Waals surface area contributed by atoms with Crippen LogP contribution >= 0.6 is 0 Å². The maximum absolute atomic E-state index is 12.8. The van der Waals surface area contributed by atoms with Gasteiger partial charge >= 0.3 is 5.97 Å². The van der Waals surface area contributed by atoms with Crippen molar-refractivity contribution in [2.24, 2.45) is 0 Å². The van der Waals surface area contributed by atoms with Crippen LogP contribution in [0.15, 0.2) is 66.7 Å². The molecule has 0 saturated carbocycles. The lowest BCUT2D eigenvalue weighted by Gasteiger charge is -2.19. The first kappa shape index (κ1) is 25.2. The molecule has 1 aliphatic rings. The van der Waals surface area contributed by atoms with Gasteiger partial charge in [0.1, 0.15) is 11.4 Å². The number of nitrogens with zero attached hydrogens (tertiary/aromatic N) is 1. The summed E-state index contributed by atoms with van der Waals surface area (Å²) >= 11 is 0. The predicted octanol–water partition coefficient (Wildman–Crippen LogP) is 5.10. The van der Waals surface area contributed by atoms with Gasteiger partial charge in [-0.1, -0.05) is 48.5 Å². The second-order valence-electron chi connectivity index (χ2n) is 10.1. The smallest absolute Gasteiger partial charge is 0.306 e. The van der Waals surface area contributed by atoms with Gasteiger partial charge in [0, 0.05) is 19.4 Å². The standard InChI is InChI=1S/C30H31NO5/c1-30(2,3)36-27(33)13-12-20-16-21(18-22(17-20)19-23-8-4-7-11-26(23)32)14-15-31-28(34)24-9-5-6-10-25(24)29(31)35/h4-11,16-18,32H,12-15,19H2,1-3H3. The topological polar surface area (TPSA) is 83.9 Å². The second-order valence-corrected chi connectivity index (χ2v) is 10.1. The van der Waals surface area contributed by atoms with Crippen LogP contribution in [0.1, 0.15) is 70.2 Å². The van der Waals surface area contributed by atoms with E-state index in [0.29, 0.717) is 30.4 Å². The van der Waals surface area contributed by atoms with Crippen molar-refractivity contribution in [2.75, 3.05) is 6.54 Å². The molecule has 0 unspecified atom stereocenters. The minimum atomic E-state index is -0.540. The monoisotopic (exact) mass is 485 g/mol. The van der Waals surface area contributed by atoms with Crippen LogP contribution in [-0.2, 0) is 28.8 Å². The minimum Gasteiger partial charge on any atom is -0.508 e. The normalized spacial score (nSPS) is 13.1. The van der Waals surface area contributed by atoms with Crippen molar-refractivity contribution in [3.05, 3.63) is 100 Å². The Bertz CT molecular complexity index is 1270. The number of carbonyl (C=O) groups excluding carboxylic acids is 3. The molecule has 0 aromatic heterocycles. The number of fused-ring (bicyclic) bond motifs is 1. The molecule has 0 saturated heterocycles. The fraction of sp³-hybridized carbons (Fsp3) is 0.300. The number of imide groups is 1. The molecule has 0 atom stereocenters. The molecule has 1 aliphatic heterocycles. The van der Waals surface area contributed by atoms with Crippen LogP contribution in [0.2, 0.25) is 0 Å². The number of hydrogen-bond donors (Lipinski definition) is 1. The van der Waals surface area contributed by atoms with Gasteiger partial charge in [-0.2, -0.15) is 0 Å².